The van der Waals surface area contributed by atoms with Crippen molar-refractivity contribution >= 4 is 33.9 Å². The molecule has 3 aromatic carbocycles. The largest absolute Gasteiger partial charge is 0.342 e. The molecular weight excluding hydrogens is 546 g/mol. The second-order valence-corrected chi connectivity index (χ2v) is 13.0. The van der Waals surface area contributed by atoms with E-state index in [-0.39, 0.29) is 23.1 Å². The van der Waals surface area contributed by atoms with Gasteiger partial charge in [0.05, 0.1) is 17.5 Å². The van der Waals surface area contributed by atoms with Gasteiger partial charge in [-0.1, -0.05) is 105 Å². The third-order valence-corrected chi connectivity index (χ3v) is 9.03. The van der Waals surface area contributed by atoms with Crippen molar-refractivity contribution in [2.45, 2.75) is 56.0 Å². The number of Topliss-reactive ketones (excluding diaryl/α,β-unsaturated/α-hetero) is 1. The molecular formula is C34H41N3O4S. The van der Waals surface area contributed by atoms with Crippen LogP contribution in [0.25, 0.3) is 12.2 Å². The molecule has 0 saturated heterocycles. The fraction of sp³-hybridized carbons (Fsp3) is 0.353. The van der Waals surface area contributed by atoms with Crippen LogP contribution in [0.15, 0.2) is 83.8 Å². The van der Waals surface area contributed by atoms with E-state index < -0.39 is 16.1 Å². The zero-order valence-corrected chi connectivity index (χ0v) is 25.3. The first-order valence-electron chi connectivity index (χ1n) is 14.6. The minimum Gasteiger partial charge on any atom is -0.342 e. The molecule has 0 aromatic heterocycles. The van der Waals surface area contributed by atoms with Crippen molar-refractivity contribution in [3.63, 3.8) is 0 Å². The van der Waals surface area contributed by atoms with Gasteiger partial charge in [-0.25, -0.2) is 13.1 Å². The minimum atomic E-state index is -3.85. The molecule has 1 saturated carbocycles. The van der Waals surface area contributed by atoms with Gasteiger partial charge in [0.2, 0.25) is 10.0 Å². The van der Waals surface area contributed by atoms with E-state index in [1.54, 1.807) is 30.3 Å². The molecule has 7 nitrogen and oxygen atoms in total. The van der Waals surface area contributed by atoms with E-state index >= 15 is 0 Å². The van der Waals surface area contributed by atoms with E-state index in [9.17, 15) is 18.0 Å². The topological polar surface area (TPSA) is 95.6 Å². The van der Waals surface area contributed by atoms with Gasteiger partial charge >= 0.3 is 0 Å². The number of benzene rings is 3. The number of nitrogens with zero attached hydrogens (tertiary/aromatic N) is 1. The average Bonchev–Trinajstić information content (AvgIpc) is 3.00. The van der Waals surface area contributed by atoms with Gasteiger partial charge in [0.25, 0.3) is 5.91 Å². The van der Waals surface area contributed by atoms with Crippen LogP contribution in [-0.2, 0) is 21.4 Å². The van der Waals surface area contributed by atoms with E-state index in [0.717, 1.165) is 43.4 Å². The molecule has 0 heterocycles. The molecule has 8 heteroatoms. The number of ketones is 1. The summed E-state index contributed by atoms with van der Waals surface area (Å²) in [6.07, 6.45) is 9.75. The highest BCUT2D eigenvalue weighted by Gasteiger charge is 2.28. The van der Waals surface area contributed by atoms with Crippen LogP contribution >= 0.6 is 0 Å². The van der Waals surface area contributed by atoms with Crippen molar-refractivity contribution < 1.29 is 18.0 Å². The minimum absolute atomic E-state index is 0.0960. The lowest BCUT2D eigenvalue weighted by atomic mass is 9.84. The molecule has 4 rings (SSSR count). The van der Waals surface area contributed by atoms with Gasteiger partial charge in [0.1, 0.15) is 0 Å². The molecule has 3 aromatic rings. The van der Waals surface area contributed by atoms with Crippen molar-refractivity contribution in [1.29, 1.82) is 0 Å². The third-order valence-electron chi connectivity index (χ3n) is 7.62. The van der Waals surface area contributed by atoms with Crippen molar-refractivity contribution in [3.05, 3.63) is 101 Å². The number of rotatable bonds is 13. The molecule has 1 aliphatic carbocycles. The molecule has 0 bridgehead atoms. The molecule has 222 valence electrons. The Labute approximate surface area is 250 Å². The van der Waals surface area contributed by atoms with Crippen LogP contribution in [0.3, 0.4) is 0 Å². The van der Waals surface area contributed by atoms with E-state index in [1.165, 1.54) is 24.1 Å². The fourth-order valence-corrected chi connectivity index (χ4v) is 6.38. The number of amides is 1. The van der Waals surface area contributed by atoms with Gasteiger partial charge in [-0.2, -0.15) is 0 Å². The zero-order valence-electron chi connectivity index (χ0n) is 24.5. The van der Waals surface area contributed by atoms with E-state index in [4.69, 9.17) is 0 Å². The first kappa shape index (κ1) is 31.3. The van der Waals surface area contributed by atoms with Crippen molar-refractivity contribution in [3.8, 4) is 0 Å². The van der Waals surface area contributed by atoms with Crippen LogP contribution in [0.2, 0.25) is 0 Å². The molecule has 1 fully saturated rings. The Balaban J connectivity index is 1.48. The number of hydrogen-bond acceptors (Lipinski definition) is 5. The standard InChI is InChI=1S/C34H41N3O4S/c1-37(2)25-28-19-17-26(18-20-28)21-22-29-13-9-10-16-31(29)34(39)36-32(23-27-11-5-3-6-12-27)33(38)24-35-42(40,41)30-14-7-4-8-15-30/h4,7-10,13-22,27,32,35H,3,5-6,11-12,23-25H2,1-2H3,(H,36,39). The average molecular weight is 588 g/mol. The highest BCUT2D eigenvalue weighted by Crippen LogP contribution is 2.28. The van der Waals surface area contributed by atoms with Crippen LogP contribution < -0.4 is 10.0 Å². The van der Waals surface area contributed by atoms with Gasteiger partial charge in [0.15, 0.2) is 5.78 Å². The Kier molecular flexibility index (Phi) is 11.2. The third kappa shape index (κ3) is 9.21. The van der Waals surface area contributed by atoms with Crippen LogP contribution in [0, 0.1) is 5.92 Å². The van der Waals surface area contributed by atoms with Gasteiger partial charge < -0.3 is 10.2 Å². The summed E-state index contributed by atoms with van der Waals surface area (Å²) in [5.41, 5.74) is 3.44. The summed E-state index contributed by atoms with van der Waals surface area (Å²) in [6.45, 7) is 0.474. The SMILES string of the molecule is CN(C)Cc1ccc(C=Cc2ccccc2C(=O)NC(CC2CCCCC2)C(=O)CNS(=O)(=O)c2ccccc2)cc1. The maximum Gasteiger partial charge on any atom is 0.252 e. The summed E-state index contributed by atoms with van der Waals surface area (Å²) in [7, 11) is 0.221. The predicted molar refractivity (Wildman–Crippen MR) is 168 cm³/mol. The summed E-state index contributed by atoms with van der Waals surface area (Å²) >= 11 is 0. The Morgan fingerprint density at radius 3 is 2.24 bits per heavy atom. The van der Waals surface area contributed by atoms with Crippen molar-refractivity contribution in [2.24, 2.45) is 5.92 Å². The number of nitrogens with one attached hydrogen (secondary N) is 2. The van der Waals surface area contributed by atoms with E-state index in [0.29, 0.717) is 17.9 Å². The number of carbonyl (C=O) groups excluding carboxylic acids is 2. The van der Waals surface area contributed by atoms with Crippen LogP contribution in [0.4, 0.5) is 0 Å². The quantitative estimate of drug-likeness (QED) is 0.256. The van der Waals surface area contributed by atoms with E-state index in [2.05, 4.69) is 27.1 Å². The molecule has 2 N–H and O–H groups in total. The summed E-state index contributed by atoms with van der Waals surface area (Å²) < 4.78 is 27.9. The first-order chi connectivity index (χ1) is 20.2. The van der Waals surface area contributed by atoms with Gasteiger partial charge in [0, 0.05) is 12.1 Å². The predicted octanol–water partition coefficient (Wildman–Crippen LogP) is 5.54. The summed E-state index contributed by atoms with van der Waals surface area (Å²) in [6, 6.07) is 22.7. The Bertz CT molecular complexity index is 1460. The van der Waals surface area contributed by atoms with Crippen molar-refractivity contribution in [2.75, 3.05) is 20.6 Å². The Morgan fingerprint density at radius 2 is 1.55 bits per heavy atom. The molecule has 1 unspecified atom stereocenters. The zero-order chi connectivity index (χ0) is 30.0. The summed E-state index contributed by atoms with van der Waals surface area (Å²) in [4.78, 5) is 29.2. The van der Waals surface area contributed by atoms with Gasteiger partial charge in [-0.05, 0) is 61.3 Å². The Hall–Kier alpha value is -3.59. The molecule has 0 aliphatic heterocycles. The lowest BCUT2D eigenvalue weighted by molar-refractivity contribution is -0.120. The molecule has 1 amide bonds. The number of sulfonamides is 1. The van der Waals surface area contributed by atoms with Crippen LogP contribution in [-0.4, -0.2) is 51.7 Å². The maximum absolute atomic E-state index is 13.6. The molecule has 1 atom stereocenters. The lowest BCUT2D eigenvalue weighted by Gasteiger charge is -2.27. The smallest absolute Gasteiger partial charge is 0.252 e. The first-order valence-corrected chi connectivity index (χ1v) is 16.1. The number of hydrogen-bond donors (Lipinski definition) is 2. The van der Waals surface area contributed by atoms with E-state index in [1.807, 2.05) is 50.5 Å². The van der Waals surface area contributed by atoms with Gasteiger partial charge in [-0.15, -0.1) is 0 Å². The highest BCUT2D eigenvalue weighted by molar-refractivity contribution is 7.89. The van der Waals surface area contributed by atoms with Gasteiger partial charge in [-0.3, -0.25) is 9.59 Å². The molecule has 42 heavy (non-hydrogen) atoms. The van der Waals surface area contributed by atoms with Crippen LogP contribution in [0.5, 0.6) is 0 Å². The lowest BCUT2D eigenvalue weighted by Crippen LogP contribution is -2.46. The summed E-state index contributed by atoms with van der Waals surface area (Å²) in [5.74, 6) is -0.389. The monoisotopic (exact) mass is 587 g/mol. The summed E-state index contributed by atoms with van der Waals surface area (Å²) in [5, 5.41) is 2.96. The molecule has 0 radical (unpaired) electrons. The molecule has 1 aliphatic rings. The maximum atomic E-state index is 13.6. The van der Waals surface area contributed by atoms with Crippen LogP contribution in [0.1, 0.15) is 65.6 Å². The number of carbonyl (C=O) groups is 2. The fourth-order valence-electron chi connectivity index (χ4n) is 5.37. The van der Waals surface area contributed by atoms with Crippen molar-refractivity contribution in [1.82, 2.24) is 14.9 Å². The second-order valence-electron chi connectivity index (χ2n) is 11.3. The molecule has 0 spiro atoms. The second kappa shape index (κ2) is 15.0. The Morgan fingerprint density at radius 1 is 0.881 bits per heavy atom. The normalized spacial score (nSPS) is 15.1. The highest BCUT2D eigenvalue weighted by atomic mass is 32.2.